The predicted molar refractivity (Wildman–Crippen MR) is 100 cm³/mol. The van der Waals surface area contributed by atoms with Crippen LogP contribution in [0.5, 0.6) is 0 Å². The monoisotopic (exact) mass is 353 g/mol. The second kappa shape index (κ2) is 7.98. The number of rotatable bonds is 6. The Labute approximate surface area is 151 Å². The number of para-hydroxylation sites is 1. The summed E-state index contributed by atoms with van der Waals surface area (Å²) in [6, 6.07) is 17.5. The van der Waals surface area contributed by atoms with E-state index in [0.29, 0.717) is 23.2 Å². The van der Waals surface area contributed by atoms with Crippen LogP contribution >= 0.6 is 11.8 Å². The second-order valence-electron chi connectivity index (χ2n) is 5.66. The van der Waals surface area contributed by atoms with E-state index < -0.39 is 0 Å². The van der Waals surface area contributed by atoms with Crippen LogP contribution in [0, 0.1) is 6.92 Å². The number of amides is 1. The molecule has 6 heteroatoms. The Kier molecular flexibility index (Phi) is 5.50. The molecule has 5 nitrogen and oxygen atoms in total. The minimum atomic E-state index is 0.0365. The summed E-state index contributed by atoms with van der Waals surface area (Å²) in [7, 11) is 1.78. The first kappa shape index (κ1) is 17.2. The van der Waals surface area contributed by atoms with Crippen molar-refractivity contribution in [1.29, 1.82) is 0 Å². The van der Waals surface area contributed by atoms with Crippen molar-refractivity contribution in [3.8, 4) is 11.4 Å². The van der Waals surface area contributed by atoms with Crippen molar-refractivity contribution in [1.82, 2.24) is 10.1 Å². The largest absolute Gasteiger partial charge is 0.338 e. The number of hydrogen-bond acceptors (Lipinski definition) is 5. The van der Waals surface area contributed by atoms with E-state index in [2.05, 4.69) is 10.1 Å². The average molecular weight is 353 g/mol. The lowest BCUT2D eigenvalue weighted by atomic mass is 10.1. The molecule has 128 valence electrons. The normalized spacial score (nSPS) is 10.6. The quantitative estimate of drug-likeness (QED) is 0.672. The van der Waals surface area contributed by atoms with Gasteiger partial charge >= 0.3 is 0 Å². The van der Waals surface area contributed by atoms with E-state index in [4.69, 9.17) is 4.52 Å². The first-order valence-electron chi connectivity index (χ1n) is 7.92. The molecule has 0 saturated carbocycles. The molecule has 25 heavy (non-hydrogen) atoms. The standard InChI is InChI=1S/C19H19N3O2S/c1-14-8-10-15(11-9-14)19-20-17(24-21-19)12-25-13-18(23)22(2)16-6-4-3-5-7-16/h3-11H,12-13H2,1-2H3. The van der Waals surface area contributed by atoms with Gasteiger partial charge in [-0.3, -0.25) is 4.79 Å². The predicted octanol–water partition coefficient (Wildman–Crippen LogP) is 3.94. The highest BCUT2D eigenvalue weighted by atomic mass is 32.2. The Hall–Kier alpha value is -2.60. The first-order valence-corrected chi connectivity index (χ1v) is 9.08. The van der Waals surface area contributed by atoms with Crippen LogP contribution < -0.4 is 4.90 Å². The highest BCUT2D eigenvalue weighted by molar-refractivity contribution is 7.99. The van der Waals surface area contributed by atoms with Crippen LogP contribution in [0.15, 0.2) is 59.1 Å². The highest BCUT2D eigenvalue weighted by Gasteiger charge is 2.13. The first-order chi connectivity index (χ1) is 12.1. The molecule has 0 bridgehead atoms. The van der Waals surface area contributed by atoms with Crippen LogP contribution in [0.2, 0.25) is 0 Å². The molecule has 0 unspecified atom stereocenters. The van der Waals surface area contributed by atoms with Crippen molar-refractivity contribution < 1.29 is 9.32 Å². The maximum Gasteiger partial charge on any atom is 0.236 e. The van der Waals surface area contributed by atoms with Crippen molar-refractivity contribution in [2.45, 2.75) is 12.7 Å². The lowest BCUT2D eigenvalue weighted by molar-refractivity contribution is -0.115. The topological polar surface area (TPSA) is 59.2 Å². The van der Waals surface area contributed by atoms with E-state index in [-0.39, 0.29) is 5.91 Å². The molecule has 3 aromatic rings. The molecule has 0 fully saturated rings. The number of hydrogen-bond donors (Lipinski definition) is 0. The average Bonchev–Trinajstić information content (AvgIpc) is 3.11. The van der Waals surface area contributed by atoms with Crippen LogP contribution in [-0.2, 0) is 10.5 Å². The summed E-state index contributed by atoms with van der Waals surface area (Å²) in [5.41, 5.74) is 2.99. The molecule has 1 heterocycles. The van der Waals surface area contributed by atoms with Gasteiger partial charge in [0, 0.05) is 18.3 Å². The Morgan fingerprint density at radius 1 is 1.12 bits per heavy atom. The van der Waals surface area contributed by atoms with Crippen molar-refractivity contribution >= 4 is 23.4 Å². The van der Waals surface area contributed by atoms with Gasteiger partial charge in [0.1, 0.15) is 0 Å². The summed E-state index contributed by atoms with van der Waals surface area (Å²) in [6.07, 6.45) is 0. The molecule has 0 aliphatic carbocycles. The molecular formula is C19H19N3O2S. The summed E-state index contributed by atoms with van der Waals surface area (Å²) in [5, 5.41) is 4.00. The van der Waals surface area contributed by atoms with Crippen molar-refractivity contribution in [3.05, 3.63) is 66.1 Å². The summed E-state index contributed by atoms with van der Waals surface area (Å²) >= 11 is 1.46. The third kappa shape index (κ3) is 4.48. The van der Waals surface area contributed by atoms with Crippen LogP contribution in [0.1, 0.15) is 11.5 Å². The maximum atomic E-state index is 12.2. The van der Waals surface area contributed by atoms with Gasteiger partial charge in [-0.1, -0.05) is 53.2 Å². The highest BCUT2D eigenvalue weighted by Crippen LogP contribution is 2.19. The molecular weight excluding hydrogens is 334 g/mol. The minimum Gasteiger partial charge on any atom is -0.338 e. The number of carbonyl (C=O) groups excluding carboxylic acids is 1. The number of thioether (sulfide) groups is 1. The molecule has 1 aromatic heterocycles. The minimum absolute atomic E-state index is 0.0365. The van der Waals surface area contributed by atoms with Gasteiger partial charge in [-0.2, -0.15) is 4.98 Å². The number of aromatic nitrogens is 2. The van der Waals surface area contributed by atoms with E-state index in [0.717, 1.165) is 11.3 Å². The fourth-order valence-electron chi connectivity index (χ4n) is 2.25. The Morgan fingerprint density at radius 3 is 2.56 bits per heavy atom. The van der Waals surface area contributed by atoms with E-state index in [9.17, 15) is 4.79 Å². The zero-order valence-electron chi connectivity index (χ0n) is 14.2. The van der Waals surface area contributed by atoms with Gasteiger partial charge in [0.15, 0.2) is 0 Å². The third-order valence-electron chi connectivity index (χ3n) is 3.75. The molecule has 0 aliphatic rings. The fourth-order valence-corrected chi connectivity index (χ4v) is 3.01. The number of benzene rings is 2. The van der Waals surface area contributed by atoms with Crippen LogP contribution in [-0.4, -0.2) is 28.8 Å². The van der Waals surface area contributed by atoms with Gasteiger partial charge in [0.25, 0.3) is 0 Å². The second-order valence-corrected chi connectivity index (χ2v) is 6.64. The maximum absolute atomic E-state index is 12.2. The number of carbonyl (C=O) groups is 1. The van der Waals surface area contributed by atoms with Gasteiger partial charge in [0.2, 0.25) is 17.6 Å². The summed E-state index contributed by atoms with van der Waals surface area (Å²) in [4.78, 5) is 18.3. The lowest BCUT2D eigenvalue weighted by Gasteiger charge is -2.16. The zero-order valence-corrected chi connectivity index (χ0v) is 15.0. The molecule has 3 rings (SSSR count). The zero-order chi connectivity index (χ0) is 17.6. The van der Waals surface area contributed by atoms with Gasteiger partial charge in [-0.15, -0.1) is 11.8 Å². The molecule has 2 aromatic carbocycles. The number of anilines is 1. The molecule has 0 saturated heterocycles. The fraction of sp³-hybridized carbons (Fsp3) is 0.211. The molecule has 1 amide bonds. The van der Waals surface area contributed by atoms with E-state index >= 15 is 0 Å². The van der Waals surface area contributed by atoms with Crippen molar-refractivity contribution in [3.63, 3.8) is 0 Å². The van der Waals surface area contributed by atoms with Crippen LogP contribution in [0.25, 0.3) is 11.4 Å². The van der Waals surface area contributed by atoms with Crippen molar-refractivity contribution in [2.24, 2.45) is 0 Å². The van der Waals surface area contributed by atoms with Gasteiger partial charge in [-0.05, 0) is 19.1 Å². The summed E-state index contributed by atoms with van der Waals surface area (Å²) in [6.45, 7) is 2.03. The Morgan fingerprint density at radius 2 is 1.84 bits per heavy atom. The lowest BCUT2D eigenvalue weighted by Crippen LogP contribution is -2.27. The Bertz CT molecular complexity index is 831. The SMILES string of the molecule is Cc1ccc(-c2noc(CSCC(=O)N(C)c3ccccc3)n2)cc1. The van der Waals surface area contributed by atoms with Crippen LogP contribution in [0.3, 0.4) is 0 Å². The van der Waals surface area contributed by atoms with E-state index in [1.54, 1.807) is 11.9 Å². The summed E-state index contributed by atoms with van der Waals surface area (Å²) < 4.78 is 5.27. The van der Waals surface area contributed by atoms with Crippen LogP contribution in [0.4, 0.5) is 5.69 Å². The van der Waals surface area contributed by atoms with Crippen molar-refractivity contribution in [2.75, 3.05) is 17.7 Å². The third-order valence-corrected chi connectivity index (χ3v) is 4.65. The Balaban J connectivity index is 1.52. The molecule has 0 atom stereocenters. The molecule has 0 N–H and O–H groups in total. The number of nitrogens with zero attached hydrogens (tertiary/aromatic N) is 3. The molecule has 0 aliphatic heterocycles. The van der Waals surface area contributed by atoms with E-state index in [1.165, 1.54) is 17.3 Å². The van der Waals surface area contributed by atoms with Gasteiger partial charge in [0.05, 0.1) is 11.5 Å². The van der Waals surface area contributed by atoms with E-state index in [1.807, 2.05) is 61.5 Å². The number of aryl methyl sites for hydroxylation is 1. The van der Waals surface area contributed by atoms with Gasteiger partial charge in [-0.25, -0.2) is 0 Å². The molecule has 0 spiro atoms. The smallest absolute Gasteiger partial charge is 0.236 e. The molecule has 0 radical (unpaired) electrons. The van der Waals surface area contributed by atoms with Gasteiger partial charge < -0.3 is 9.42 Å². The summed E-state index contributed by atoms with van der Waals surface area (Å²) in [5.74, 6) is 1.99.